The fourth-order valence-corrected chi connectivity index (χ4v) is 7.89. The molecule has 6 aromatic rings. The molecule has 0 N–H and O–H groups in total. The monoisotopic (exact) mass is 585 g/mol. The zero-order chi connectivity index (χ0) is 29.8. The number of thiophene rings is 1. The number of pyridine rings is 1. The molecule has 0 radical (unpaired) electrons. The molecule has 8 rings (SSSR count). The third kappa shape index (κ3) is 4.25. The molecule has 4 heteroatoms. The number of rotatable bonds is 5. The van der Waals surface area contributed by atoms with Crippen molar-refractivity contribution < 1.29 is 0 Å². The molecule has 0 saturated carbocycles. The molecule has 0 spiro atoms. The first kappa shape index (κ1) is 26.6. The van der Waals surface area contributed by atoms with E-state index in [2.05, 4.69) is 145 Å². The highest BCUT2D eigenvalue weighted by Gasteiger charge is 2.36. The Morgan fingerprint density at radius 3 is 2.23 bits per heavy atom. The van der Waals surface area contributed by atoms with Gasteiger partial charge in [0, 0.05) is 40.6 Å². The molecule has 44 heavy (non-hydrogen) atoms. The van der Waals surface area contributed by atoms with E-state index in [1.54, 1.807) is 11.3 Å². The van der Waals surface area contributed by atoms with Gasteiger partial charge in [-0.25, -0.2) is 0 Å². The first-order chi connectivity index (χ1) is 21.5. The summed E-state index contributed by atoms with van der Waals surface area (Å²) in [5.74, 6) is 0. The van der Waals surface area contributed by atoms with Gasteiger partial charge in [0.15, 0.2) is 0 Å². The van der Waals surface area contributed by atoms with Crippen LogP contribution < -0.4 is 4.90 Å². The van der Waals surface area contributed by atoms with Crippen molar-refractivity contribution in [3.8, 4) is 33.4 Å². The average molecular weight is 586 g/mol. The quantitative estimate of drug-likeness (QED) is 0.188. The minimum Gasteiger partial charge on any atom is -0.334 e. The first-order valence-corrected chi connectivity index (χ1v) is 15.8. The number of hydrogen-bond donors (Lipinski definition) is 0. The molecule has 1 aliphatic carbocycles. The Balaban J connectivity index is 1.14. The molecule has 0 saturated heterocycles. The largest absolute Gasteiger partial charge is 0.334 e. The van der Waals surface area contributed by atoms with Gasteiger partial charge in [0.2, 0.25) is 0 Å². The van der Waals surface area contributed by atoms with Crippen molar-refractivity contribution in [2.75, 3.05) is 11.4 Å². The summed E-state index contributed by atoms with van der Waals surface area (Å²) < 4.78 is 1.23. The van der Waals surface area contributed by atoms with Gasteiger partial charge in [-0.05, 0) is 92.7 Å². The van der Waals surface area contributed by atoms with Crippen LogP contribution in [0.4, 0.5) is 10.7 Å². The second-order valence-electron chi connectivity index (χ2n) is 12.0. The second kappa shape index (κ2) is 10.3. The van der Waals surface area contributed by atoms with Crippen LogP contribution in [0.3, 0.4) is 0 Å². The third-order valence-corrected chi connectivity index (χ3v) is 10.3. The lowest BCUT2D eigenvalue weighted by Gasteiger charge is -2.23. The third-order valence-electron chi connectivity index (χ3n) is 9.06. The Morgan fingerprint density at radius 1 is 0.773 bits per heavy atom. The molecule has 0 fully saturated rings. The van der Waals surface area contributed by atoms with Crippen LogP contribution in [-0.2, 0) is 5.41 Å². The highest BCUT2D eigenvalue weighted by Crippen LogP contribution is 2.51. The van der Waals surface area contributed by atoms with Gasteiger partial charge >= 0.3 is 0 Å². The van der Waals surface area contributed by atoms with Crippen LogP contribution in [0.25, 0.3) is 49.0 Å². The van der Waals surface area contributed by atoms with Crippen LogP contribution >= 0.6 is 11.3 Å². The maximum Gasteiger partial charge on any atom is 0.123 e. The van der Waals surface area contributed by atoms with E-state index in [4.69, 9.17) is 0 Å². The molecule has 2 aliphatic rings. The van der Waals surface area contributed by atoms with Crippen LogP contribution in [-0.4, -0.2) is 18.2 Å². The molecular weight excluding hydrogens is 555 g/mol. The molecule has 212 valence electrons. The summed E-state index contributed by atoms with van der Waals surface area (Å²) in [6, 6.07) is 35.3. The summed E-state index contributed by atoms with van der Waals surface area (Å²) in [4.78, 5) is 11.1. The summed E-state index contributed by atoms with van der Waals surface area (Å²) in [5.41, 5.74) is 13.4. The minimum absolute atomic E-state index is 0.104. The van der Waals surface area contributed by atoms with Gasteiger partial charge in [0.05, 0.1) is 0 Å². The van der Waals surface area contributed by atoms with Crippen molar-refractivity contribution in [1.29, 1.82) is 0 Å². The maximum absolute atomic E-state index is 4.42. The molecule has 0 amide bonds. The lowest BCUT2D eigenvalue weighted by Crippen LogP contribution is -2.17. The molecule has 3 nitrogen and oxygen atoms in total. The Kier molecular flexibility index (Phi) is 6.21. The zero-order valence-corrected chi connectivity index (χ0v) is 25.6. The van der Waals surface area contributed by atoms with E-state index in [0.29, 0.717) is 0 Å². The Labute approximate surface area is 262 Å². The van der Waals surface area contributed by atoms with Gasteiger partial charge in [0.25, 0.3) is 0 Å². The lowest BCUT2D eigenvalue weighted by molar-refractivity contribution is 0.661. The molecule has 0 atom stereocenters. The molecule has 4 aromatic carbocycles. The Morgan fingerprint density at radius 2 is 1.48 bits per heavy atom. The summed E-state index contributed by atoms with van der Waals surface area (Å²) >= 11 is 1.77. The summed E-state index contributed by atoms with van der Waals surface area (Å²) in [5, 5.41) is 2.29. The summed E-state index contributed by atoms with van der Waals surface area (Å²) in [7, 11) is 0. The van der Waals surface area contributed by atoms with E-state index in [-0.39, 0.29) is 5.41 Å². The number of aliphatic imine (C=N–C) groups is 1. The molecule has 1 aliphatic heterocycles. The van der Waals surface area contributed by atoms with Crippen molar-refractivity contribution in [1.82, 2.24) is 4.98 Å². The fourth-order valence-electron chi connectivity index (χ4n) is 6.74. The van der Waals surface area contributed by atoms with Crippen molar-refractivity contribution in [2.45, 2.75) is 19.3 Å². The van der Waals surface area contributed by atoms with E-state index in [1.165, 1.54) is 54.8 Å². The number of aromatic nitrogens is 1. The smallest absolute Gasteiger partial charge is 0.123 e. The maximum atomic E-state index is 4.42. The van der Waals surface area contributed by atoms with Crippen LogP contribution in [0, 0.1) is 0 Å². The van der Waals surface area contributed by atoms with Crippen molar-refractivity contribution in [3.05, 3.63) is 144 Å². The summed E-state index contributed by atoms with van der Waals surface area (Å²) in [6.07, 6.45) is 10.5. The molecule has 0 unspecified atom stereocenters. The molecule has 3 heterocycles. The summed E-state index contributed by atoms with van der Waals surface area (Å²) in [6.45, 7) is 9.38. The van der Waals surface area contributed by atoms with Gasteiger partial charge in [-0.2, -0.15) is 0 Å². The van der Waals surface area contributed by atoms with Crippen molar-refractivity contribution in [3.63, 3.8) is 0 Å². The molecule has 0 bridgehead atoms. The highest BCUT2D eigenvalue weighted by atomic mass is 32.1. The predicted molar refractivity (Wildman–Crippen MR) is 188 cm³/mol. The second-order valence-corrected chi connectivity index (χ2v) is 13.0. The van der Waals surface area contributed by atoms with Gasteiger partial charge in [0.1, 0.15) is 10.7 Å². The number of anilines is 1. The topological polar surface area (TPSA) is 28.5 Å². The standard InChI is InChI=1S/C40H31N3S/c1-40(2)35-22-28(15-17-32(35)33-18-16-29(23-36(33)40)30-11-7-19-42-24-30)26-9-6-10-27(21-26)31-12-8-20-43(25-31)39-38(41-3)34-13-4-5-14-37(34)44-39/h4-19,21-25H,3,20H2,1-2H3. The lowest BCUT2D eigenvalue weighted by atomic mass is 9.81. The zero-order valence-electron chi connectivity index (χ0n) is 24.8. The normalized spacial score (nSPS) is 14.8. The Hall–Kier alpha value is -5.06. The van der Waals surface area contributed by atoms with E-state index in [9.17, 15) is 0 Å². The number of nitrogens with zero attached hydrogens (tertiary/aromatic N) is 3. The van der Waals surface area contributed by atoms with E-state index >= 15 is 0 Å². The van der Waals surface area contributed by atoms with Gasteiger partial charge < -0.3 is 4.90 Å². The van der Waals surface area contributed by atoms with Crippen LogP contribution in [0.5, 0.6) is 0 Å². The molecule has 2 aromatic heterocycles. The minimum atomic E-state index is -0.104. The van der Waals surface area contributed by atoms with Gasteiger partial charge in [-0.1, -0.05) is 92.7 Å². The molecular formula is C40H31N3S. The van der Waals surface area contributed by atoms with Crippen molar-refractivity contribution >= 4 is 44.4 Å². The van der Waals surface area contributed by atoms with E-state index in [1.807, 2.05) is 18.5 Å². The van der Waals surface area contributed by atoms with Crippen LogP contribution in [0.2, 0.25) is 0 Å². The van der Waals surface area contributed by atoms with E-state index in [0.717, 1.165) is 28.2 Å². The number of allylic oxidation sites excluding steroid dienone is 2. The first-order valence-electron chi connectivity index (χ1n) is 15.0. The highest BCUT2D eigenvalue weighted by molar-refractivity contribution is 7.23. The number of benzene rings is 4. The average Bonchev–Trinajstić information content (AvgIpc) is 3.57. The SMILES string of the molecule is C=Nc1c(N2C=C(c3cccc(-c4ccc5c(c4)C(C)(C)c4cc(-c6cccnc6)ccc4-5)c3)C=CC2)sc2ccccc12. The van der Waals surface area contributed by atoms with Crippen LogP contribution in [0.1, 0.15) is 30.5 Å². The number of hydrogen-bond acceptors (Lipinski definition) is 4. The van der Waals surface area contributed by atoms with Gasteiger partial charge in [-0.3, -0.25) is 9.98 Å². The number of fused-ring (bicyclic) bond motifs is 4. The van der Waals surface area contributed by atoms with Gasteiger partial charge in [-0.15, -0.1) is 11.3 Å². The predicted octanol–water partition coefficient (Wildman–Crippen LogP) is 10.7. The Bertz CT molecular complexity index is 2150. The van der Waals surface area contributed by atoms with E-state index < -0.39 is 0 Å². The van der Waals surface area contributed by atoms with Crippen LogP contribution in [0.15, 0.2) is 133 Å². The fraction of sp³-hybridized carbons (Fsp3) is 0.100. The van der Waals surface area contributed by atoms with Crippen molar-refractivity contribution in [2.24, 2.45) is 4.99 Å².